The second kappa shape index (κ2) is 7.91. The molecule has 1 amide bonds. The lowest BCUT2D eigenvalue weighted by Gasteiger charge is -2.26. The Kier molecular flexibility index (Phi) is 5.41. The van der Waals surface area contributed by atoms with Gasteiger partial charge in [-0.25, -0.2) is 0 Å². The molecule has 0 aliphatic carbocycles. The molecule has 0 N–H and O–H groups in total. The van der Waals surface area contributed by atoms with Gasteiger partial charge in [-0.3, -0.25) is 9.78 Å². The molecule has 120 valence electrons. The topological polar surface area (TPSA) is 33.2 Å². The highest BCUT2D eigenvalue weighted by Crippen LogP contribution is 2.24. The molecule has 3 rings (SSSR count). The summed E-state index contributed by atoms with van der Waals surface area (Å²) < 4.78 is 0. The summed E-state index contributed by atoms with van der Waals surface area (Å²) in [5.74, 6) is 0.118. The molecule has 1 fully saturated rings. The molecule has 1 unspecified atom stereocenters. The second-order valence-corrected chi connectivity index (χ2v) is 6.23. The van der Waals surface area contributed by atoms with Crippen molar-refractivity contribution in [1.29, 1.82) is 0 Å². The van der Waals surface area contributed by atoms with Crippen LogP contribution in [0.2, 0.25) is 0 Å². The molecule has 1 aliphatic heterocycles. The molecule has 2 heterocycles. The lowest BCUT2D eigenvalue weighted by Crippen LogP contribution is -2.36. The molecule has 1 atom stereocenters. The summed E-state index contributed by atoms with van der Waals surface area (Å²) in [5, 5.41) is 0. The van der Waals surface area contributed by atoms with Gasteiger partial charge in [0.25, 0.3) is 0 Å². The van der Waals surface area contributed by atoms with E-state index in [9.17, 15) is 4.79 Å². The zero-order chi connectivity index (χ0) is 15.9. The average Bonchev–Trinajstić information content (AvgIpc) is 2.90. The number of aromatic nitrogens is 1. The van der Waals surface area contributed by atoms with E-state index in [1.54, 1.807) is 6.20 Å². The van der Waals surface area contributed by atoms with E-state index in [1.165, 1.54) is 12.8 Å². The first-order chi connectivity index (χ1) is 11.3. The van der Waals surface area contributed by atoms with Crippen LogP contribution in [0.1, 0.15) is 42.9 Å². The standard InChI is InChI=1S/C20H24N2O/c23-20(22-14-8-1-2-9-15-22)19(17-10-4-3-5-11-17)16-18-12-6-7-13-21-18/h3-7,10-13,19H,1-2,8-9,14-16H2. The molecule has 1 aliphatic rings. The van der Waals surface area contributed by atoms with Gasteiger partial charge in [-0.05, 0) is 30.5 Å². The SMILES string of the molecule is O=C(C(Cc1ccccn1)c1ccccc1)N1CCCCCC1. The van der Waals surface area contributed by atoms with Gasteiger partial charge in [-0.1, -0.05) is 49.2 Å². The van der Waals surface area contributed by atoms with E-state index >= 15 is 0 Å². The van der Waals surface area contributed by atoms with E-state index in [1.807, 2.05) is 36.4 Å². The summed E-state index contributed by atoms with van der Waals surface area (Å²) in [7, 11) is 0. The number of hydrogen-bond acceptors (Lipinski definition) is 2. The third-order valence-corrected chi connectivity index (χ3v) is 4.56. The van der Waals surface area contributed by atoms with Crippen molar-refractivity contribution in [3.8, 4) is 0 Å². The van der Waals surface area contributed by atoms with Crippen LogP contribution in [-0.2, 0) is 11.2 Å². The van der Waals surface area contributed by atoms with E-state index in [4.69, 9.17) is 0 Å². The van der Waals surface area contributed by atoms with Crippen LogP contribution in [0.15, 0.2) is 54.7 Å². The van der Waals surface area contributed by atoms with Gasteiger partial charge in [0.15, 0.2) is 0 Å². The molecule has 1 aromatic heterocycles. The normalized spacial score (nSPS) is 16.6. The van der Waals surface area contributed by atoms with Crippen LogP contribution < -0.4 is 0 Å². The highest BCUT2D eigenvalue weighted by atomic mass is 16.2. The lowest BCUT2D eigenvalue weighted by molar-refractivity contribution is -0.132. The fourth-order valence-corrected chi connectivity index (χ4v) is 3.27. The fourth-order valence-electron chi connectivity index (χ4n) is 3.27. The number of carbonyl (C=O) groups is 1. The van der Waals surface area contributed by atoms with Gasteiger partial charge in [0.1, 0.15) is 0 Å². The van der Waals surface area contributed by atoms with Crippen molar-refractivity contribution < 1.29 is 4.79 Å². The minimum absolute atomic E-state index is 0.135. The Labute approximate surface area is 138 Å². The van der Waals surface area contributed by atoms with Crippen molar-refractivity contribution >= 4 is 5.91 Å². The Morgan fingerprint density at radius 2 is 1.65 bits per heavy atom. The van der Waals surface area contributed by atoms with Crippen LogP contribution in [0.3, 0.4) is 0 Å². The first kappa shape index (κ1) is 15.7. The second-order valence-electron chi connectivity index (χ2n) is 6.23. The fraction of sp³-hybridized carbons (Fsp3) is 0.400. The van der Waals surface area contributed by atoms with E-state index in [-0.39, 0.29) is 11.8 Å². The van der Waals surface area contributed by atoms with Crippen LogP contribution >= 0.6 is 0 Å². The van der Waals surface area contributed by atoms with Crippen LogP contribution in [0, 0.1) is 0 Å². The molecule has 0 saturated carbocycles. The van der Waals surface area contributed by atoms with Crippen LogP contribution in [0.4, 0.5) is 0 Å². The highest BCUT2D eigenvalue weighted by molar-refractivity contribution is 5.84. The smallest absolute Gasteiger partial charge is 0.230 e. The minimum Gasteiger partial charge on any atom is -0.342 e. The van der Waals surface area contributed by atoms with E-state index in [0.717, 1.165) is 37.2 Å². The Bertz CT molecular complexity index is 604. The molecule has 23 heavy (non-hydrogen) atoms. The van der Waals surface area contributed by atoms with Crippen molar-refractivity contribution in [1.82, 2.24) is 9.88 Å². The molecule has 3 heteroatoms. The molecule has 0 radical (unpaired) electrons. The third kappa shape index (κ3) is 4.19. The van der Waals surface area contributed by atoms with Crippen molar-refractivity contribution in [3.05, 3.63) is 66.0 Å². The molecular weight excluding hydrogens is 284 g/mol. The predicted molar refractivity (Wildman–Crippen MR) is 92.2 cm³/mol. The van der Waals surface area contributed by atoms with Gasteiger partial charge in [0.05, 0.1) is 5.92 Å². The number of carbonyl (C=O) groups excluding carboxylic acids is 1. The summed E-state index contributed by atoms with van der Waals surface area (Å²) in [6.45, 7) is 1.79. The zero-order valence-electron chi connectivity index (χ0n) is 13.5. The number of likely N-dealkylation sites (tertiary alicyclic amines) is 1. The van der Waals surface area contributed by atoms with E-state index < -0.39 is 0 Å². The van der Waals surface area contributed by atoms with Gasteiger partial charge in [0.2, 0.25) is 5.91 Å². The number of amides is 1. The Morgan fingerprint density at radius 1 is 0.957 bits per heavy atom. The van der Waals surface area contributed by atoms with Crippen LogP contribution in [-0.4, -0.2) is 28.9 Å². The molecule has 0 bridgehead atoms. The van der Waals surface area contributed by atoms with Gasteiger partial charge < -0.3 is 4.90 Å². The average molecular weight is 308 g/mol. The first-order valence-corrected chi connectivity index (χ1v) is 8.58. The minimum atomic E-state index is -0.135. The van der Waals surface area contributed by atoms with Crippen molar-refractivity contribution in [3.63, 3.8) is 0 Å². The maximum Gasteiger partial charge on any atom is 0.230 e. The first-order valence-electron chi connectivity index (χ1n) is 8.58. The Hall–Kier alpha value is -2.16. The highest BCUT2D eigenvalue weighted by Gasteiger charge is 2.26. The molecule has 0 spiro atoms. The Balaban J connectivity index is 1.83. The number of pyridine rings is 1. The summed E-state index contributed by atoms with van der Waals surface area (Å²) in [6.07, 6.45) is 7.18. The van der Waals surface area contributed by atoms with Gasteiger partial charge in [-0.15, -0.1) is 0 Å². The number of benzene rings is 1. The van der Waals surface area contributed by atoms with Crippen LogP contribution in [0.25, 0.3) is 0 Å². The van der Waals surface area contributed by atoms with Crippen molar-refractivity contribution in [2.75, 3.05) is 13.1 Å². The van der Waals surface area contributed by atoms with E-state index in [2.05, 4.69) is 22.0 Å². The molecule has 1 saturated heterocycles. The van der Waals surface area contributed by atoms with E-state index in [0.29, 0.717) is 6.42 Å². The molecule has 1 aromatic carbocycles. The lowest BCUT2D eigenvalue weighted by atomic mass is 9.92. The quantitative estimate of drug-likeness (QED) is 0.860. The summed E-state index contributed by atoms with van der Waals surface area (Å²) in [6, 6.07) is 16.0. The number of rotatable bonds is 4. The van der Waals surface area contributed by atoms with Crippen LogP contribution in [0.5, 0.6) is 0 Å². The molecule has 3 nitrogen and oxygen atoms in total. The van der Waals surface area contributed by atoms with Crippen molar-refractivity contribution in [2.24, 2.45) is 0 Å². The maximum absolute atomic E-state index is 13.2. The maximum atomic E-state index is 13.2. The Morgan fingerprint density at radius 3 is 2.30 bits per heavy atom. The van der Waals surface area contributed by atoms with Gasteiger partial charge >= 0.3 is 0 Å². The molecule has 2 aromatic rings. The molecular formula is C20H24N2O. The van der Waals surface area contributed by atoms with Gasteiger partial charge in [0, 0.05) is 31.4 Å². The number of hydrogen-bond donors (Lipinski definition) is 0. The summed E-state index contributed by atoms with van der Waals surface area (Å²) in [5.41, 5.74) is 2.07. The predicted octanol–water partition coefficient (Wildman–Crippen LogP) is 3.81. The summed E-state index contributed by atoms with van der Waals surface area (Å²) in [4.78, 5) is 19.6. The summed E-state index contributed by atoms with van der Waals surface area (Å²) >= 11 is 0. The zero-order valence-corrected chi connectivity index (χ0v) is 13.5. The number of nitrogens with zero attached hydrogens (tertiary/aromatic N) is 2. The largest absolute Gasteiger partial charge is 0.342 e. The third-order valence-electron chi connectivity index (χ3n) is 4.56. The van der Waals surface area contributed by atoms with Crippen molar-refractivity contribution in [2.45, 2.75) is 38.0 Å². The van der Waals surface area contributed by atoms with Gasteiger partial charge in [-0.2, -0.15) is 0 Å². The monoisotopic (exact) mass is 308 g/mol.